The topological polar surface area (TPSA) is 75.5 Å². The van der Waals surface area contributed by atoms with Crippen molar-refractivity contribution in [1.82, 2.24) is 19.0 Å². The molecule has 0 radical (unpaired) electrons. The summed E-state index contributed by atoms with van der Waals surface area (Å²) in [5, 5.41) is 4.18. The summed E-state index contributed by atoms with van der Waals surface area (Å²) in [6.07, 6.45) is -8.73. The zero-order valence-corrected chi connectivity index (χ0v) is 20.0. The van der Waals surface area contributed by atoms with Gasteiger partial charge in [0.15, 0.2) is 0 Å². The Balaban J connectivity index is 1.50. The number of piperazine rings is 1. The number of rotatable bonds is 4. The van der Waals surface area contributed by atoms with Crippen LogP contribution in [0.15, 0.2) is 59.6 Å². The summed E-state index contributed by atoms with van der Waals surface area (Å²) in [5.74, 6) is -0.390. The van der Waals surface area contributed by atoms with Gasteiger partial charge in [0, 0.05) is 43.6 Å². The maximum atomic E-state index is 13.2. The standard InChI is InChI=1S/C23H20F6N4O3S/c1-15-6-7-30-33(15)19-4-2-16(3-5-19)21(34)31-8-10-32(11-9-31)37(35,36)20-13-17(22(24,25)26)12-18(14-20)23(27,28)29/h2-7,12-14H,8-11H2,1H3. The molecule has 0 aliphatic carbocycles. The second-order valence-electron chi connectivity index (χ2n) is 8.37. The van der Waals surface area contributed by atoms with Crippen LogP contribution in [-0.4, -0.2) is 59.5 Å². The average molecular weight is 546 g/mol. The first kappa shape index (κ1) is 26.7. The number of nitrogens with zero attached hydrogens (tertiary/aromatic N) is 4. The second kappa shape index (κ2) is 9.49. The second-order valence-corrected chi connectivity index (χ2v) is 10.3. The average Bonchev–Trinajstić information content (AvgIpc) is 3.28. The number of aromatic nitrogens is 2. The van der Waals surface area contributed by atoms with Crippen LogP contribution in [-0.2, 0) is 22.4 Å². The number of halogens is 6. The Morgan fingerprint density at radius 3 is 1.84 bits per heavy atom. The Labute approximate surface area is 208 Å². The van der Waals surface area contributed by atoms with E-state index < -0.39 is 38.4 Å². The lowest BCUT2D eigenvalue weighted by Crippen LogP contribution is -2.50. The zero-order chi connectivity index (χ0) is 27.2. The lowest BCUT2D eigenvalue weighted by atomic mass is 10.1. The molecular weight excluding hydrogens is 526 g/mol. The number of hydrogen-bond acceptors (Lipinski definition) is 4. The molecule has 1 aliphatic heterocycles. The summed E-state index contributed by atoms with van der Waals surface area (Å²) in [5.41, 5.74) is -1.49. The maximum absolute atomic E-state index is 13.2. The molecule has 14 heteroatoms. The van der Waals surface area contributed by atoms with Gasteiger partial charge in [0.25, 0.3) is 5.91 Å². The fourth-order valence-electron chi connectivity index (χ4n) is 3.92. The quantitative estimate of drug-likeness (QED) is 0.456. The SMILES string of the molecule is Cc1ccnn1-c1ccc(C(=O)N2CCN(S(=O)(=O)c3cc(C(F)(F)F)cc(C(F)(F)F)c3)CC2)cc1. The summed E-state index contributed by atoms with van der Waals surface area (Å²) in [7, 11) is -4.69. The molecule has 1 fully saturated rings. The van der Waals surface area contributed by atoms with Gasteiger partial charge in [0.1, 0.15) is 0 Å². The van der Waals surface area contributed by atoms with E-state index in [9.17, 15) is 39.6 Å². The van der Waals surface area contributed by atoms with Gasteiger partial charge in [-0.3, -0.25) is 4.79 Å². The molecule has 3 aromatic rings. The molecule has 1 saturated heterocycles. The first-order valence-corrected chi connectivity index (χ1v) is 12.3. The highest BCUT2D eigenvalue weighted by atomic mass is 32.2. The summed E-state index contributed by atoms with van der Waals surface area (Å²) in [6.45, 7) is 1.09. The van der Waals surface area contributed by atoms with E-state index in [4.69, 9.17) is 0 Å². The van der Waals surface area contributed by atoms with E-state index in [-0.39, 0.29) is 50.3 Å². The minimum Gasteiger partial charge on any atom is -0.336 e. The number of carbonyl (C=O) groups excluding carboxylic acids is 1. The van der Waals surface area contributed by atoms with Crippen LogP contribution in [0, 0.1) is 6.92 Å². The van der Waals surface area contributed by atoms with E-state index in [1.807, 2.05) is 13.0 Å². The molecule has 4 rings (SSSR count). The maximum Gasteiger partial charge on any atom is 0.416 e. The monoisotopic (exact) mass is 546 g/mol. The number of amides is 1. The van der Waals surface area contributed by atoms with Crippen molar-refractivity contribution in [3.63, 3.8) is 0 Å². The molecule has 0 atom stereocenters. The van der Waals surface area contributed by atoms with Gasteiger partial charge in [-0.1, -0.05) is 0 Å². The molecule has 1 aliphatic rings. The summed E-state index contributed by atoms with van der Waals surface area (Å²) in [6, 6.07) is 8.62. The van der Waals surface area contributed by atoms with Gasteiger partial charge in [0.05, 0.1) is 21.7 Å². The van der Waals surface area contributed by atoms with E-state index in [1.54, 1.807) is 35.1 Å². The molecule has 0 N–H and O–H groups in total. The Morgan fingerprint density at radius 2 is 1.38 bits per heavy atom. The number of benzene rings is 2. The Kier molecular flexibility index (Phi) is 6.84. The summed E-state index contributed by atoms with van der Waals surface area (Å²) < 4.78 is 107. The Bertz CT molecular complexity index is 1380. The van der Waals surface area contributed by atoms with Crippen LogP contribution in [0.5, 0.6) is 0 Å². The lowest BCUT2D eigenvalue weighted by Gasteiger charge is -2.34. The molecule has 2 aromatic carbocycles. The predicted octanol–water partition coefficient (Wildman–Crippen LogP) is 4.37. The first-order valence-electron chi connectivity index (χ1n) is 10.9. The Hall–Kier alpha value is -3.39. The van der Waals surface area contributed by atoms with Crippen molar-refractivity contribution in [2.45, 2.75) is 24.2 Å². The van der Waals surface area contributed by atoms with Crippen molar-refractivity contribution in [3.05, 3.63) is 77.1 Å². The molecular formula is C23H20F6N4O3S. The third-order valence-electron chi connectivity index (χ3n) is 5.92. The number of sulfonamides is 1. The minimum absolute atomic E-state index is 0.0941. The number of hydrogen-bond donors (Lipinski definition) is 0. The van der Waals surface area contributed by atoms with Crippen molar-refractivity contribution in [2.24, 2.45) is 0 Å². The number of carbonyl (C=O) groups is 1. The van der Waals surface area contributed by atoms with E-state index in [2.05, 4.69) is 5.10 Å². The smallest absolute Gasteiger partial charge is 0.336 e. The van der Waals surface area contributed by atoms with E-state index >= 15 is 0 Å². The van der Waals surface area contributed by atoms with Gasteiger partial charge in [-0.25, -0.2) is 13.1 Å². The number of alkyl halides is 6. The third-order valence-corrected chi connectivity index (χ3v) is 7.79. The highest BCUT2D eigenvalue weighted by molar-refractivity contribution is 7.89. The molecule has 0 bridgehead atoms. The fraction of sp³-hybridized carbons (Fsp3) is 0.304. The van der Waals surface area contributed by atoms with E-state index in [1.165, 1.54) is 4.90 Å². The van der Waals surface area contributed by atoms with Crippen molar-refractivity contribution in [1.29, 1.82) is 0 Å². The molecule has 0 saturated carbocycles. The molecule has 7 nitrogen and oxygen atoms in total. The van der Waals surface area contributed by atoms with Gasteiger partial charge >= 0.3 is 12.4 Å². The molecule has 1 amide bonds. The van der Waals surface area contributed by atoms with Crippen molar-refractivity contribution >= 4 is 15.9 Å². The van der Waals surface area contributed by atoms with E-state index in [0.717, 1.165) is 15.7 Å². The minimum atomic E-state index is -5.18. The van der Waals surface area contributed by atoms with Gasteiger partial charge in [-0.05, 0) is 55.5 Å². The van der Waals surface area contributed by atoms with Crippen LogP contribution in [0.3, 0.4) is 0 Å². The fourth-order valence-corrected chi connectivity index (χ4v) is 5.42. The lowest BCUT2D eigenvalue weighted by molar-refractivity contribution is -0.143. The molecule has 0 spiro atoms. The normalized spacial score (nSPS) is 15.7. The van der Waals surface area contributed by atoms with Gasteiger partial charge in [-0.15, -0.1) is 0 Å². The molecule has 0 unspecified atom stereocenters. The van der Waals surface area contributed by atoms with Gasteiger partial charge in [-0.2, -0.15) is 35.7 Å². The van der Waals surface area contributed by atoms with Crippen molar-refractivity contribution in [3.8, 4) is 5.69 Å². The Morgan fingerprint density at radius 1 is 0.838 bits per heavy atom. The van der Waals surface area contributed by atoms with E-state index in [0.29, 0.717) is 5.56 Å². The largest absolute Gasteiger partial charge is 0.416 e. The third kappa shape index (κ3) is 5.49. The summed E-state index contributed by atoms with van der Waals surface area (Å²) >= 11 is 0. The first-order chi connectivity index (χ1) is 17.2. The van der Waals surface area contributed by atoms with Crippen LogP contribution in [0.1, 0.15) is 27.2 Å². The number of aryl methyl sites for hydroxylation is 1. The van der Waals surface area contributed by atoms with Gasteiger partial charge < -0.3 is 4.90 Å². The van der Waals surface area contributed by atoms with Crippen LogP contribution >= 0.6 is 0 Å². The highest BCUT2D eigenvalue weighted by Crippen LogP contribution is 2.38. The molecule has 37 heavy (non-hydrogen) atoms. The van der Waals surface area contributed by atoms with Gasteiger partial charge in [0.2, 0.25) is 10.0 Å². The zero-order valence-electron chi connectivity index (χ0n) is 19.2. The van der Waals surface area contributed by atoms with Crippen LogP contribution in [0.25, 0.3) is 5.69 Å². The van der Waals surface area contributed by atoms with Crippen LogP contribution in [0.4, 0.5) is 26.3 Å². The summed E-state index contributed by atoms with van der Waals surface area (Å²) in [4.78, 5) is 13.1. The predicted molar refractivity (Wildman–Crippen MR) is 119 cm³/mol. The van der Waals surface area contributed by atoms with Crippen molar-refractivity contribution in [2.75, 3.05) is 26.2 Å². The van der Waals surface area contributed by atoms with Crippen molar-refractivity contribution < 1.29 is 39.6 Å². The van der Waals surface area contributed by atoms with Crippen LogP contribution < -0.4 is 0 Å². The molecule has 198 valence electrons. The molecule has 2 heterocycles. The molecule has 1 aromatic heterocycles. The van der Waals surface area contributed by atoms with Crippen LogP contribution in [0.2, 0.25) is 0 Å². The highest BCUT2D eigenvalue weighted by Gasteiger charge is 2.39.